The zero-order valence-electron chi connectivity index (χ0n) is 15.6. The first-order chi connectivity index (χ1) is 11.8. The zero-order valence-corrected chi connectivity index (χ0v) is 15.6. The van der Waals surface area contributed by atoms with Crippen LogP contribution in [0.5, 0.6) is 0 Å². The Hall–Kier alpha value is -2.53. The van der Waals surface area contributed by atoms with Crippen LogP contribution in [0.25, 0.3) is 11.0 Å². The number of aromatic nitrogens is 2. The predicted octanol–water partition coefficient (Wildman–Crippen LogP) is 3.68. The summed E-state index contributed by atoms with van der Waals surface area (Å²) < 4.78 is 1.85. The van der Waals surface area contributed by atoms with Crippen molar-refractivity contribution in [3.8, 4) is 0 Å². The number of imidazole rings is 1. The highest BCUT2D eigenvalue weighted by atomic mass is 16.1. The maximum Gasteiger partial charge on any atom is 0.327 e. The molecule has 2 aromatic carbocycles. The number of para-hydroxylation sites is 1. The number of nitrogens with zero attached hydrogens (tertiary/aromatic N) is 2. The van der Waals surface area contributed by atoms with E-state index in [4.69, 9.17) is 0 Å². The number of benzene rings is 2. The van der Waals surface area contributed by atoms with Crippen molar-refractivity contribution in [3.63, 3.8) is 0 Å². The molecule has 1 aromatic heterocycles. The Morgan fingerprint density at radius 2 is 1.88 bits per heavy atom. The molecule has 3 aromatic rings. The van der Waals surface area contributed by atoms with Gasteiger partial charge in [0.05, 0.1) is 16.6 Å². The molecule has 3 rings (SSSR count). The Bertz CT molecular complexity index is 950. The van der Waals surface area contributed by atoms with Gasteiger partial charge < -0.3 is 15.2 Å². The van der Waals surface area contributed by atoms with E-state index in [1.807, 2.05) is 55.1 Å². The number of nitrogens with one attached hydrogen (secondary N) is 2. The van der Waals surface area contributed by atoms with Gasteiger partial charge >= 0.3 is 5.69 Å². The van der Waals surface area contributed by atoms with Crippen LogP contribution in [0.4, 0.5) is 11.4 Å². The Kier molecular flexibility index (Phi) is 4.43. The molecule has 0 saturated carbocycles. The number of hydrogen-bond acceptors (Lipinski definition) is 3. The van der Waals surface area contributed by atoms with Gasteiger partial charge in [-0.1, -0.05) is 18.2 Å². The second-order valence-corrected chi connectivity index (χ2v) is 7.49. The van der Waals surface area contributed by atoms with Crippen LogP contribution in [-0.2, 0) is 5.54 Å². The quantitative estimate of drug-likeness (QED) is 0.746. The summed E-state index contributed by atoms with van der Waals surface area (Å²) in [5, 5.41) is 3.42. The molecule has 1 heterocycles. The predicted molar refractivity (Wildman–Crippen MR) is 105 cm³/mol. The fourth-order valence-electron chi connectivity index (χ4n) is 3.50. The Labute approximate surface area is 148 Å². The van der Waals surface area contributed by atoms with E-state index in [1.54, 1.807) is 0 Å². The molecule has 0 aliphatic heterocycles. The molecule has 2 N–H and O–H groups in total. The van der Waals surface area contributed by atoms with E-state index in [-0.39, 0.29) is 11.2 Å². The summed E-state index contributed by atoms with van der Waals surface area (Å²) in [5.41, 5.74) is 4.60. The number of rotatable bonds is 5. The third-order valence-corrected chi connectivity index (χ3v) is 4.41. The molecule has 0 fully saturated rings. The van der Waals surface area contributed by atoms with Crippen molar-refractivity contribution in [2.24, 2.45) is 0 Å². The molecule has 132 valence electrons. The monoisotopic (exact) mass is 338 g/mol. The first-order valence-electron chi connectivity index (χ1n) is 8.50. The van der Waals surface area contributed by atoms with E-state index in [2.05, 4.69) is 42.0 Å². The van der Waals surface area contributed by atoms with Gasteiger partial charge in [0.1, 0.15) is 0 Å². The number of H-pyrrole nitrogens is 1. The van der Waals surface area contributed by atoms with Crippen molar-refractivity contribution in [2.75, 3.05) is 26.0 Å². The number of hydrogen-bond donors (Lipinski definition) is 2. The largest absolute Gasteiger partial charge is 0.355 e. The van der Waals surface area contributed by atoms with E-state index < -0.39 is 0 Å². The van der Waals surface area contributed by atoms with Crippen LogP contribution >= 0.6 is 0 Å². The molecular weight excluding hydrogens is 312 g/mol. The van der Waals surface area contributed by atoms with Crippen molar-refractivity contribution in [1.82, 2.24) is 14.5 Å². The van der Waals surface area contributed by atoms with Gasteiger partial charge in [-0.3, -0.25) is 4.57 Å². The van der Waals surface area contributed by atoms with Gasteiger partial charge in [0.15, 0.2) is 0 Å². The molecule has 0 atom stereocenters. The molecule has 0 saturated heterocycles. The minimum atomic E-state index is -0.302. The summed E-state index contributed by atoms with van der Waals surface area (Å²) in [6, 6.07) is 14.2. The molecule has 25 heavy (non-hydrogen) atoms. The maximum atomic E-state index is 12.6. The topological polar surface area (TPSA) is 53.1 Å². The van der Waals surface area contributed by atoms with Gasteiger partial charge in [-0.2, -0.15) is 0 Å². The molecule has 0 radical (unpaired) electrons. The Morgan fingerprint density at radius 3 is 2.56 bits per heavy atom. The van der Waals surface area contributed by atoms with Gasteiger partial charge in [0.25, 0.3) is 0 Å². The van der Waals surface area contributed by atoms with Crippen LogP contribution in [0.2, 0.25) is 0 Å². The third kappa shape index (κ3) is 3.46. The van der Waals surface area contributed by atoms with Gasteiger partial charge in [-0.15, -0.1) is 0 Å². The van der Waals surface area contributed by atoms with Crippen molar-refractivity contribution < 1.29 is 0 Å². The van der Waals surface area contributed by atoms with E-state index >= 15 is 0 Å². The highest BCUT2D eigenvalue weighted by Crippen LogP contribution is 2.25. The summed E-state index contributed by atoms with van der Waals surface area (Å²) in [6.45, 7) is 7.02. The van der Waals surface area contributed by atoms with E-state index in [9.17, 15) is 4.79 Å². The summed E-state index contributed by atoms with van der Waals surface area (Å²) in [6.07, 6.45) is 0. The Morgan fingerprint density at radius 1 is 1.16 bits per heavy atom. The number of fused-ring (bicyclic) bond motifs is 1. The van der Waals surface area contributed by atoms with Crippen LogP contribution in [0.3, 0.4) is 0 Å². The smallest absolute Gasteiger partial charge is 0.327 e. The summed E-state index contributed by atoms with van der Waals surface area (Å²) in [7, 11) is 4.04. The normalized spacial score (nSPS) is 12.1. The standard InChI is InChI=1S/C20H26N4O/c1-14-8-6-7-9-16(14)21-15-10-11-18-17(12-15)22-19(25)24(18)20(2,3)13-23(4)5/h6-12,21H,13H2,1-5H3,(H,22,25). The lowest BCUT2D eigenvalue weighted by Crippen LogP contribution is -2.42. The highest BCUT2D eigenvalue weighted by molar-refractivity contribution is 5.81. The van der Waals surface area contributed by atoms with Crippen molar-refractivity contribution >= 4 is 22.4 Å². The molecule has 0 amide bonds. The lowest BCUT2D eigenvalue weighted by molar-refractivity contribution is 0.242. The second-order valence-electron chi connectivity index (χ2n) is 7.49. The number of likely N-dealkylation sites (N-methyl/N-ethyl adjacent to an activating group) is 1. The van der Waals surface area contributed by atoms with Gasteiger partial charge in [-0.25, -0.2) is 4.79 Å². The van der Waals surface area contributed by atoms with Crippen molar-refractivity contribution in [3.05, 3.63) is 58.5 Å². The average Bonchev–Trinajstić information content (AvgIpc) is 2.84. The van der Waals surface area contributed by atoms with Gasteiger partial charge in [-0.05, 0) is 64.7 Å². The van der Waals surface area contributed by atoms with E-state index in [0.717, 1.165) is 29.0 Å². The highest BCUT2D eigenvalue weighted by Gasteiger charge is 2.25. The average molecular weight is 338 g/mol. The zero-order chi connectivity index (χ0) is 18.2. The van der Waals surface area contributed by atoms with Gasteiger partial charge in [0.2, 0.25) is 0 Å². The van der Waals surface area contributed by atoms with Crippen LogP contribution in [0.15, 0.2) is 47.3 Å². The van der Waals surface area contributed by atoms with Crippen molar-refractivity contribution in [1.29, 1.82) is 0 Å². The van der Waals surface area contributed by atoms with E-state index in [1.165, 1.54) is 5.56 Å². The summed E-state index contributed by atoms with van der Waals surface area (Å²) in [5.74, 6) is 0. The number of anilines is 2. The lowest BCUT2D eigenvalue weighted by atomic mass is 10.0. The summed E-state index contributed by atoms with van der Waals surface area (Å²) in [4.78, 5) is 17.7. The summed E-state index contributed by atoms with van der Waals surface area (Å²) >= 11 is 0. The minimum absolute atomic E-state index is 0.0742. The third-order valence-electron chi connectivity index (χ3n) is 4.41. The van der Waals surface area contributed by atoms with Crippen molar-refractivity contribution in [2.45, 2.75) is 26.3 Å². The van der Waals surface area contributed by atoms with Gasteiger partial charge in [0, 0.05) is 17.9 Å². The lowest BCUT2D eigenvalue weighted by Gasteiger charge is -2.29. The molecule has 0 bridgehead atoms. The SMILES string of the molecule is Cc1ccccc1Nc1ccc2c(c1)[nH]c(=O)n2C(C)(C)CN(C)C. The molecule has 0 aliphatic rings. The molecule has 5 heteroatoms. The van der Waals surface area contributed by atoms with Crippen LogP contribution in [0.1, 0.15) is 19.4 Å². The van der Waals surface area contributed by atoms with Crippen LogP contribution in [-0.4, -0.2) is 35.1 Å². The molecule has 0 unspecified atom stereocenters. The fourth-order valence-corrected chi connectivity index (χ4v) is 3.50. The maximum absolute atomic E-state index is 12.6. The first kappa shape index (κ1) is 17.3. The number of aromatic amines is 1. The Balaban J connectivity index is 2.01. The number of aryl methyl sites for hydroxylation is 1. The molecule has 5 nitrogen and oxygen atoms in total. The molecular formula is C20H26N4O. The first-order valence-corrected chi connectivity index (χ1v) is 8.50. The molecule has 0 spiro atoms. The molecule has 0 aliphatic carbocycles. The second kappa shape index (κ2) is 6.41. The van der Waals surface area contributed by atoms with Crippen LogP contribution < -0.4 is 11.0 Å². The fraction of sp³-hybridized carbons (Fsp3) is 0.350. The minimum Gasteiger partial charge on any atom is -0.355 e. The van der Waals surface area contributed by atoms with Crippen LogP contribution in [0, 0.1) is 6.92 Å². The van der Waals surface area contributed by atoms with E-state index in [0.29, 0.717) is 0 Å².